The second-order valence-corrected chi connectivity index (χ2v) is 8.16. The van der Waals surface area contributed by atoms with E-state index in [9.17, 15) is 36.2 Å². The van der Waals surface area contributed by atoms with E-state index in [-0.39, 0.29) is 30.3 Å². The summed E-state index contributed by atoms with van der Waals surface area (Å²) in [5, 5.41) is 10.7. The second-order valence-electron chi connectivity index (χ2n) is 8.16. The van der Waals surface area contributed by atoms with Gasteiger partial charge in [-0.1, -0.05) is 30.3 Å². The molecule has 8 heteroatoms. The summed E-state index contributed by atoms with van der Waals surface area (Å²) in [5.74, 6) is 0.105. The van der Waals surface area contributed by atoms with Crippen LogP contribution < -0.4 is 0 Å². The van der Waals surface area contributed by atoms with Crippen LogP contribution in [-0.4, -0.2) is 17.0 Å². The standard InChI is InChI=1S/C23H22F6O2/c24-22(25,26)17-10-15(11-18(13-17)23(27,28)29)12-20(31)14-21(8-6-19(30)7-9-21)16-4-2-1-3-5-16/h1-5,10-11,13,20,31H,6-9,12,14H2. The molecular formula is C23H22F6O2. The van der Waals surface area contributed by atoms with Crippen molar-refractivity contribution in [1.29, 1.82) is 0 Å². The minimum atomic E-state index is -4.93. The Hall–Kier alpha value is -2.35. The van der Waals surface area contributed by atoms with Gasteiger partial charge in [-0.3, -0.25) is 4.79 Å². The molecule has 0 amide bonds. The van der Waals surface area contributed by atoms with E-state index in [0.717, 1.165) is 5.56 Å². The fraction of sp³-hybridized carbons (Fsp3) is 0.435. The van der Waals surface area contributed by atoms with Gasteiger partial charge in [0.15, 0.2) is 0 Å². The Bertz CT molecular complexity index is 876. The van der Waals surface area contributed by atoms with Crippen molar-refractivity contribution in [1.82, 2.24) is 0 Å². The van der Waals surface area contributed by atoms with Crippen LogP contribution in [0, 0.1) is 0 Å². The highest BCUT2D eigenvalue weighted by Gasteiger charge is 2.39. The molecule has 0 bridgehead atoms. The van der Waals surface area contributed by atoms with E-state index < -0.39 is 35.0 Å². The molecule has 1 N–H and O–H groups in total. The lowest BCUT2D eigenvalue weighted by molar-refractivity contribution is -0.143. The fourth-order valence-electron chi connectivity index (χ4n) is 4.34. The van der Waals surface area contributed by atoms with E-state index in [1.54, 1.807) is 0 Å². The van der Waals surface area contributed by atoms with Gasteiger partial charge in [0.2, 0.25) is 0 Å². The van der Waals surface area contributed by atoms with Crippen molar-refractivity contribution in [3.05, 3.63) is 70.8 Å². The molecule has 0 radical (unpaired) electrons. The molecule has 31 heavy (non-hydrogen) atoms. The summed E-state index contributed by atoms with van der Waals surface area (Å²) in [5.41, 5.74) is -2.68. The molecule has 1 saturated carbocycles. The van der Waals surface area contributed by atoms with Crippen LogP contribution >= 0.6 is 0 Å². The Labute approximate surface area is 175 Å². The van der Waals surface area contributed by atoms with E-state index in [4.69, 9.17) is 0 Å². The highest BCUT2D eigenvalue weighted by atomic mass is 19.4. The number of carbonyl (C=O) groups is 1. The van der Waals surface area contributed by atoms with E-state index in [0.29, 0.717) is 37.8 Å². The predicted octanol–water partition coefficient (Wildman–Crippen LogP) is 6.10. The zero-order chi connectivity index (χ0) is 22.9. The normalized spacial score (nSPS) is 18.1. The van der Waals surface area contributed by atoms with E-state index in [1.807, 2.05) is 30.3 Å². The molecule has 3 rings (SSSR count). The Morgan fingerprint density at radius 3 is 1.87 bits per heavy atom. The van der Waals surface area contributed by atoms with Gasteiger partial charge in [-0.2, -0.15) is 26.3 Å². The molecule has 2 aromatic carbocycles. The molecule has 1 aliphatic carbocycles. The average molecular weight is 444 g/mol. The molecule has 1 unspecified atom stereocenters. The number of halogens is 6. The summed E-state index contributed by atoms with van der Waals surface area (Å²) in [6.07, 6.45) is -9.65. The predicted molar refractivity (Wildman–Crippen MR) is 102 cm³/mol. The third kappa shape index (κ3) is 5.67. The summed E-state index contributed by atoms with van der Waals surface area (Å²) in [7, 11) is 0. The Kier molecular flexibility index (Phi) is 6.51. The number of Topliss-reactive ketones (excluding diaryl/α,β-unsaturated/α-hetero) is 1. The van der Waals surface area contributed by atoms with Gasteiger partial charge in [0.25, 0.3) is 0 Å². The van der Waals surface area contributed by atoms with Crippen LogP contribution in [0.15, 0.2) is 48.5 Å². The zero-order valence-electron chi connectivity index (χ0n) is 16.6. The maximum atomic E-state index is 13.1. The quantitative estimate of drug-likeness (QED) is 0.566. The summed E-state index contributed by atoms with van der Waals surface area (Å²) in [4.78, 5) is 11.7. The van der Waals surface area contributed by atoms with E-state index >= 15 is 0 Å². The third-order valence-corrected chi connectivity index (χ3v) is 5.90. The van der Waals surface area contributed by atoms with Gasteiger partial charge in [-0.05, 0) is 60.4 Å². The van der Waals surface area contributed by atoms with Crippen LogP contribution in [0.5, 0.6) is 0 Å². The molecule has 0 aromatic heterocycles. The number of alkyl halides is 6. The van der Waals surface area contributed by atoms with Crippen molar-refractivity contribution in [2.24, 2.45) is 0 Å². The first-order chi connectivity index (χ1) is 14.4. The maximum absolute atomic E-state index is 13.1. The minimum Gasteiger partial charge on any atom is -0.393 e. The number of benzene rings is 2. The number of aliphatic hydroxyl groups excluding tert-OH is 1. The van der Waals surface area contributed by atoms with Crippen LogP contribution in [0.2, 0.25) is 0 Å². The first kappa shape index (κ1) is 23.3. The van der Waals surface area contributed by atoms with Crippen LogP contribution in [0.25, 0.3) is 0 Å². The van der Waals surface area contributed by atoms with Crippen LogP contribution in [-0.2, 0) is 29.0 Å². The maximum Gasteiger partial charge on any atom is 0.416 e. The summed E-state index contributed by atoms with van der Waals surface area (Å²) < 4.78 is 78.6. The molecule has 1 atom stereocenters. The minimum absolute atomic E-state index is 0.0775. The lowest BCUT2D eigenvalue weighted by atomic mass is 9.66. The monoisotopic (exact) mass is 444 g/mol. The smallest absolute Gasteiger partial charge is 0.393 e. The third-order valence-electron chi connectivity index (χ3n) is 5.90. The SMILES string of the molecule is O=C1CCC(CC(O)Cc2cc(C(F)(F)F)cc(C(F)(F)F)c2)(c2ccccc2)CC1. The molecule has 0 spiro atoms. The van der Waals surface area contributed by atoms with Crippen LogP contribution in [0.3, 0.4) is 0 Å². The van der Waals surface area contributed by atoms with E-state index in [1.165, 1.54) is 0 Å². The zero-order valence-corrected chi connectivity index (χ0v) is 16.6. The molecule has 168 valence electrons. The lowest BCUT2D eigenvalue weighted by Gasteiger charge is -2.39. The Morgan fingerprint density at radius 2 is 1.39 bits per heavy atom. The second kappa shape index (κ2) is 8.65. The van der Waals surface area contributed by atoms with Crippen LogP contribution in [0.4, 0.5) is 26.3 Å². The van der Waals surface area contributed by atoms with Gasteiger partial charge >= 0.3 is 12.4 Å². The number of aliphatic hydroxyl groups is 1. The topological polar surface area (TPSA) is 37.3 Å². The summed E-state index contributed by atoms with van der Waals surface area (Å²) in [6.45, 7) is 0. The van der Waals surface area contributed by atoms with Crippen molar-refractivity contribution in [3.8, 4) is 0 Å². The molecule has 2 aromatic rings. The summed E-state index contributed by atoms with van der Waals surface area (Å²) >= 11 is 0. The molecule has 1 fully saturated rings. The molecule has 0 heterocycles. The van der Waals surface area contributed by atoms with Crippen molar-refractivity contribution in [2.45, 2.75) is 62.4 Å². The van der Waals surface area contributed by atoms with Gasteiger partial charge < -0.3 is 5.11 Å². The molecule has 2 nitrogen and oxygen atoms in total. The largest absolute Gasteiger partial charge is 0.416 e. The molecule has 1 aliphatic rings. The van der Waals surface area contributed by atoms with Crippen molar-refractivity contribution in [3.63, 3.8) is 0 Å². The van der Waals surface area contributed by atoms with E-state index in [2.05, 4.69) is 0 Å². The number of hydrogen-bond acceptors (Lipinski definition) is 2. The Balaban J connectivity index is 1.87. The molecule has 0 aliphatic heterocycles. The van der Waals surface area contributed by atoms with Gasteiger partial charge in [0.05, 0.1) is 17.2 Å². The van der Waals surface area contributed by atoms with Gasteiger partial charge in [-0.25, -0.2) is 0 Å². The van der Waals surface area contributed by atoms with Crippen molar-refractivity contribution >= 4 is 5.78 Å². The Morgan fingerprint density at radius 1 is 0.871 bits per heavy atom. The van der Waals surface area contributed by atoms with Gasteiger partial charge in [0, 0.05) is 12.8 Å². The molecular weight excluding hydrogens is 422 g/mol. The molecule has 0 saturated heterocycles. The lowest BCUT2D eigenvalue weighted by Crippen LogP contribution is -2.36. The van der Waals surface area contributed by atoms with Gasteiger partial charge in [0.1, 0.15) is 5.78 Å². The number of carbonyl (C=O) groups excluding carboxylic acids is 1. The van der Waals surface area contributed by atoms with Gasteiger partial charge in [-0.15, -0.1) is 0 Å². The van der Waals surface area contributed by atoms with Crippen molar-refractivity contribution in [2.75, 3.05) is 0 Å². The summed E-state index contributed by atoms with van der Waals surface area (Å²) in [6, 6.07) is 10.6. The number of ketones is 1. The first-order valence-corrected chi connectivity index (χ1v) is 9.93. The fourth-order valence-corrected chi connectivity index (χ4v) is 4.34. The number of hydrogen-bond donors (Lipinski definition) is 1. The number of rotatable bonds is 5. The highest BCUT2D eigenvalue weighted by molar-refractivity contribution is 5.79. The van der Waals surface area contributed by atoms with Crippen LogP contribution in [0.1, 0.15) is 54.4 Å². The average Bonchev–Trinajstić information content (AvgIpc) is 2.69. The highest BCUT2D eigenvalue weighted by Crippen LogP contribution is 2.43. The van der Waals surface area contributed by atoms with Crippen molar-refractivity contribution < 1.29 is 36.2 Å². The first-order valence-electron chi connectivity index (χ1n) is 9.93.